The van der Waals surface area contributed by atoms with Crippen molar-refractivity contribution in [2.75, 3.05) is 13.2 Å². The first-order chi connectivity index (χ1) is 14.9. The Bertz CT molecular complexity index is 1110. The summed E-state index contributed by atoms with van der Waals surface area (Å²) in [4.78, 5) is 38.1. The molecule has 0 saturated heterocycles. The van der Waals surface area contributed by atoms with Gasteiger partial charge in [0.2, 0.25) is 10.0 Å². The lowest BCUT2D eigenvalue weighted by atomic mass is 10.1. The molecule has 0 spiro atoms. The van der Waals surface area contributed by atoms with Gasteiger partial charge in [-0.1, -0.05) is 18.2 Å². The zero-order valence-electron chi connectivity index (χ0n) is 16.7. The fourth-order valence-corrected chi connectivity index (χ4v) is 4.69. The minimum absolute atomic E-state index is 0.0252. The van der Waals surface area contributed by atoms with Crippen LogP contribution in [0, 0.1) is 0 Å². The first-order valence-electron chi connectivity index (χ1n) is 10.1. The fourth-order valence-electron chi connectivity index (χ4n) is 3.34. The van der Waals surface area contributed by atoms with Crippen LogP contribution in [0.5, 0.6) is 0 Å². The van der Waals surface area contributed by atoms with Crippen LogP contribution in [0.3, 0.4) is 0 Å². The third-order valence-electron chi connectivity index (χ3n) is 5.17. The molecule has 1 aliphatic heterocycles. The van der Waals surface area contributed by atoms with E-state index in [-0.39, 0.29) is 41.5 Å². The largest absolute Gasteiger partial charge is 0.462 e. The van der Waals surface area contributed by atoms with Gasteiger partial charge in [0, 0.05) is 12.6 Å². The first kappa shape index (κ1) is 21.2. The van der Waals surface area contributed by atoms with Gasteiger partial charge >= 0.3 is 5.97 Å². The number of hydrogen-bond donors (Lipinski definition) is 1. The van der Waals surface area contributed by atoms with Crippen LogP contribution in [0.4, 0.5) is 0 Å². The molecule has 1 fully saturated rings. The highest BCUT2D eigenvalue weighted by atomic mass is 32.2. The van der Waals surface area contributed by atoms with Gasteiger partial charge in [0.15, 0.2) is 0 Å². The number of rotatable bonds is 9. The third-order valence-corrected chi connectivity index (χ3v) is 6.68. The number of carbonyl (C=O) groups is 3. The molecule has 2 aromatic rings. The zero-order valence-corrected chi connectivity index (χ0v) is 17.6. The zero-order chi connectivity index (χ0) is 22.0. The van der Waals surface area contributed by atoms with E-state index in [9.17, 15) is 22.8 Å². The molecule has 0 radical (unpaired) electrons. The number of ether oxygens (including phenoxy) is 1. The van der Waals surface area contributed by atoms with Crippen LogP contribution in [0.15, 0.2) is 53.4 Å². The van der Waals surface area contributed by atoms with Crippen molar-refractivity contribution < 1.29 is 27.5 Å². The van der Waals surface area contributed by atoms with Crippen LogP contribution >= 0.6 is 0 Å². The summed E-state index contributed by atoms with van der Waals surface area (Å²) in [6, 6.07) is 12.4. The Kier molecular flexibility index (Phi) is 5.88. The van der Waals surface area contributed by atoms with Gasteiger partial charge in [-0.15, -0.1) is 0 Å². The Morgan fingerprint density at radius 1 is 1.00 bits per heavy atom. The molecular weight excluding hydrogens is 420 g/mol. The number of nitrogens with one attached hydrogen (secondary N) is 1. The average molecular weight is 442 g/mol. The summed E-state index contributed by atoms with van der Waals surface area (Å²) in [5, 5.41) is 0. The van der Waals surface area contributed by atoms with E-state index < -0.39 is 16.0 Å². The molecule has 2 aliphatic rings. The van der Waals surface area contributed by atoms with Crippen molar-refractivity contribution in [1.82, 2.24) is 9.62 Å². The van der Waals surface area contributed by atoms with Gasteiger partial charge in [-0.3, -0.25) is 14.5 Å². The van der Waals surface area contributed by atoms with Crippen LogP contribution in [0.25, 0.3) is 0 Å². The maximum absolute atomic E-state index is 12.3. The predicted molar refractivity (Wildman–Crippen MR) is 111 cm³/mol. The molecule has 9 heteroatoms. The number of unbranched alkanes of at least 4 members (excludes halogenated alkanes) is 1. The van der Waals surface area contributed by atoms with Crippen LogP contribution in [-0.4, -0.2) is 50.3 Å². The smallest absolute Gasteiger partial charge is 0.338 e. The molecule has 0 atom stereocenters. The SMILES string of the molecule is O=C(OCCCCN1C(=O)c2ccccc2C1=O)c1cccc(S(=O)(=O)NC2CC2)c1. The highest BCUT2D eigenvalue weighted by Crippen LogP contribution is 2.23. The number of hydrogen-bond acceptors (Lipinski definition) is 6. The van der Waals surface area contributed by atoms with E-state index in [0.29, 0.717) is 24.0 Å². The molecule has 0 aromatic heterocycles. The summed E-state index contributed by atoms with van der Waals surface area (Å²) < 4.78 is 32.4. The van der Waals surface area contributed by atoms with Crippen LogP contribution in [0.1, 0.15) is 56.8 Å². The number of sulfonamides is 1. The monoisotopic (exact) mass is 442 g/mol. The summed E-state index contributed by atoms with van der Waals surface area (Å²) in [6.07, 6.45) is 2.59. The molecule has 162 valence electrons. The van der Waals surface area contributed by atoms with Gasteiger partial charge in [0.25, 0.3) is 11.8 Å². The Hall–Kier alpha value is -3.04. The second kappa shape index (κ2) is 8.60. The molecule has 2 aromatic carbocycles. The molecule has 2 amide bonds. The van der Waals surface area contributed by atoms with Crippen LogP contribution in [-0.2, 0) is 14.8 Å². The lowest BCUT2D eigenvalue weighted by molar-refractivity contribution is 0.0485. The number of esters is 1. The normalized spacial score (nSPS) is 15.8. The molecule has 4 rings (SSSR count). The average Bonchev–Trinajstić information content (AvgIpc) is 3.54. The quantitative estimate of drug-likeness (QED) is 0.363. The van der Waals surface area contributed by atoms with Crippen molar-refractivity contribution in [3.8, 4) is 0 Å². The Balaban J connectivity index is 1.25. The summed E-state index contributed by atoms with van der Waals surface area (Å²) >= 11 is 0. The van der Waals surface area contributed by atoms with Gasteiger partial charge < -0.3 is 4.74 Å². The second-order valence-corrected chi connectivity index (χ2v) is 9.29. The molecule has 1 heterocycles. The molecule has 1 saturated carbocycles. The standard InChI is InChI=1S/C22H22N2O6S/c25-20-18-8-1-2-9-19(18)21(26)24(20)12-3-4-13-30-22(27)15-6-5-7-17(14-15)31(28,29)23-16-10-11-16/h1-2,5-9,14,16,23H,3-4,10-13H2. The van der Waals surface area contributed by atoms with Crippen molar-refractivity contribution in [1.29, 1.82) is 0 Å². The van der Waals surface area contributed by atoms with Crippen molar-refractivity contribution in [3.63, 3.8) is 0 Å². The Morgan fingerprint density at radius 2 is 1.68 bits per heavy atom. The number of fused-ring (bicyclic) bond motifs is 1. The molecule has 0 unspecified atom stereocenters. The Labute approximate surface area is 180 Å². The Morgan fingerprint density at radius 3 is 2.32 bits per heavy atom. The lowest BCUT2D eigenvalue weighted by Gasteiger charge is -2.13. The van der Waals surface area contributed by atoms with Gasteiger partial charge in [-0.2, -0.15) is 0 Å². The van der Waals surface area contributed by atoms with Crippen molar-refractivity contribution in [3.05, 3.63) is 65.2 Å². The molecule has 0 bridgehead atoms. The van der Waals surface area contributed by atoms with E-state index >= 15 is 0 Å². The maximum atomic E-state index is 12.3. The van der Waals surface area contributed by atoms with E-state index in [1.807, 2.05) is 0 Å². The van der Waals surface area contributed by atoms with Gasteiger partial charge in [-0.25, -0.2) is 17.9 Å². The van der Waals surface area contributed by atoms with Gasteiger partial charge in [0.05, 0.1) is 28.2 Å². The first-order valence-corrected chi connectivity index (χ1v) is 11.6. The number of amides is 2. The maximum Gasteiger partial charge on any atom is 0.338 e. The van der Waals surface area contributed by atoms with Crippen LogP contribution in [0.2, 0.25) is 0 Å². The number of imide groups is 1. The summed E-state index contributed by atoms with van der Waals surface area (Å²) in [5.41, 5.74) is 0.967. The summed E-state index contributed by atoms with van der Waals surface area (Å²) in [6.45, 7) is 0.337. The summed E-state index contributed by atoms with van der Waals surface area (Å²) in [7, 11) is -3.65. The topological polar surface area (TPSA) is 110 Å². The third kappa shape index (κ3) is 4.67. The minimum atomic E-state index is -3.65. The lowest BCUT2D eigenvalue weighted by Crippen LogP contribution is -2.30. The second-order valence-electron chi connectivity index (χ2n) is 7.57. The van der Waals surface area contributed by atoms with E-state index in [2.05, 4.69) is 4.72 Å². The van der Waals surface area contributed by atoms with Crippen molar-refractivity contribution in [2.24, 2.45) is 0 Å². The van der Waals surface area contributed by atoms with E-state index in [4.69, 9.17) is 4.74 Å². The molecular formula is C22H22N2O6S. The molecule has 31 heavy (non-hydrogen) atoms. The van der Waals surface area contributed by atoms with E-state index in [1.165, 1.54) is 29.2 Å². The van der Waals surface area contributed by atoms with E-state index in [1.54, 1.807) is 24.3 Å². The van der Waals surface area contributed by atoms with Crippen molar-refractivity contribution in [2.45, 2.75) is 36.6 Å². The number of benzene rings is 2. The van der Waals surface area contributed by atoms with E-state index in [0.717, 1.165) is 12.8 Å². The highest BCUT2D eigenvalue weighted by molar-refractivity contribution is 7.89. The minimum Gasteiger partial charge on any atom is -0.462 e. The predicted octanol–water partition coefficient (Wildman–Crippen LogP) is 2.36. The van der Waals surface area contributed by atoms with Crippen LogP contribution < -0.4 is 4.72 Å². The summed E-state index contributed by atoms with van der Waals surface area (Å²) in [5.74, 6) is -1.24. The van der Waals surface area contributed by atoms with Gasteiger partial charge in [-0.05, 0) is 56.0 Å². The van der Waals surface area contributed by atoms with Crippen molar-refractivity contribution >= 4 is 27.8 Å². The molecule has 8 nitrogen and oxygen atoms in total. The number of nitrogens with zero attached hydrogens (tertiary/aromatic N) is 1. The number of carbonyl (C=O) groups excluding carboxylic acids is 3. The fraction of sp³-hybridized carbons (Fsp3) is 0.318. The molecule has 1 N–H and O–H groups in total. The highest BCUT2D eigenvalue weighted by Gasteiger charge is 2.34. The van der Waals surface area contributed by atoms with Gasteiger partial charge in [0.1, 0.15) is 0 Å². The molecule has 1 aliphatic carbocycles.